The topological polar surface area (TPSA) is 20.2 Å². The summed E-state index contributed by atoms with van der Waals surface area (Å²) in [5, 5.41) is 9.38. The summed E-state index contributed by atoms with van der Waals surface area (Å²) in [6.45, 7) is 4.60. The SMILES string of the molecule is CCCCCCCCCCCCCCCCCCCCC(C)c1ccc(O)cc1. The molecule has 0 aliphatic rings. The zero-order chi connectivity index (χ0) is 21.0. The van der Waals surface area contributed by atoms with Gasteiger partial charge in [0.25, 0.3) is 0 Å². The minimum atomic E-state index is 0.370. The summed E-state index contributed by atoms with van der Waals surface area (Å²) in [7, 11) is 0. The van der Waals surface area contributed by atoms with Gasteiger partial charge in [-0.3, -0.25) is 0 Å². The van der Waals surface area contributed by atoms with Gasteiger partial charge in [-0.1, -0.05) is 142 Å². The van der Waals surface area contributed by atoms with Gasteiger partial charge in [-0.05, 0) is 30.0 Å². The van der Waals surface area contributed by atoms with Crippen LogP contribution in [0.3, 0.4) is 0 Å². The second-order valence-corrected chi connectivity index (χ2v) is 9.29. The summed E-state index contributed by atoms with van der Waals surface area (Å²) in [4.78, 5) is 0. The van der Waals surface area contributed by atoms with E-state index in [-0.39, 0.29) is 0 Å². The van der Waals surface area contributed by atoms with Crippen LogP contribution in [-0.2, 0) is 0 Å². The number of rotatable bonds is 20. The normalized spacial score (nSPS) is 12.3. The summed E-state index contributed by atoms with van der Waals surface area (Å²) < 4.78 is 0. The molecule has 29 heavy (non-hydrogen) atoms. The summed E-state index contributed by atoms with van der Waals surface area (Å²) in [5.74, 6) is 0.978. The van der Waals surface area contributed by atoms with Gasteiger partial charge in [0.05, 0.1) is 0 Å². The fourth-order valence-electron chi connectivity index (χ4n) is 4.32. The van der Waals surface area contributed by atoms with Crippen molar-refractivity contribution in [2.75, 3.05) is 0 Å². The van der Waals surface area contributed by atoms with E-state index in [1.807, 2.05) is 0 Å². The first-order valence-corrected chi connectivity index (χ1v) is 13.0. The average molecular weight is 403 g/mol. The second-order valence-electron chi connectivity index (χ2n) is 9.29. The molecule has 0 saturated carbocycles. The first-order chi connectivity index (χ1) is 14.2. The van der Waals surface area contributed by atoms with Crippen LogP contribution in [0.5, 0.6) is 5.75 Å². The van der Waals surface area contributed by atoms with Crippen LogP contribution in [0.4, 0.5) is 0 Å². The maximum absolute atomic E-state index is 9.38. The highest BCUT2D eigenvalue weighted by Crippen LogP contribution is 2.24. The first kappa shape index (κ1) is 26.1. The molecule has 0 aromatic heterocycles. The molecule has 1 rings (SSSR count). The van der Waals surface area contributed by atoms with Gasteiger partial charge in [-0.15, -0.1) is 0 Å². The third-order valence-electron chi connectivity index (χ3n) is 6.45. The molecule has 1 heteroatoms. The van der Waals surface area contributed by atoms with Crippen molar-refractivity contribution in [2.45, 2.75) is 142 Å². The molecule has 1 N–H and O–H groups in total. The molecule has 1 nitrogen and oxygen atoms in total. The molecule has 0 fully saturated rings. The molecule has 0 spiro atoms. The number of hydrogen-bond donors (Lipinski definition) is 1. The molecule has 168 valence electrons. The van der Waals surface area contributed by atoms with Crippen LogP contribution in [0.1, 0.15) is 147 Å². The molecule has 0 amide bonds. The molecular formula is C28H50O. The lowest BCUT2D eigenvalue weighted by Crippen LogP contribution is -1.93. The molecule has 0 radical (unpaired) electrons. The molecule has 0 bridgehead atoms. The maximum atomic E-state index is 9.38. The number of aromatic hydroxyl groups is 1. The Labute approximate surface area is 182 Å². The van der Waals surface area contributed by atoms with Gasteiger partial charge in [0.1, 0.15) is 5.75 Å². The molecule has 0 aliphatic carbocycles. The van der Waals surface area contributed by atoms with E-state index >= 15 is 0 Å². The Bertz CT molecular complexity index is 450. The molecule has 1 aromatic carbocycles. The summed E-state index contributed by atoms with van der Waals surface area (Å²) in [6, 6.07) is 7.74. The molecule has 1 aromatic rings. The van der Waals surface area contributed by atoms with Gasteiger partial charge in [-0.2, -0.15) is 0 Å². The van der Waals surface area contributed by atoms with Gasteiger partial charge in [0.15, 0.2) is 0 Å². The van der Waals surface area contributed by atoms with Crippen molar-refractivity contribution in [1.29, 1.82) is 0 Å². The van der Waals surface area contributed by atoms with Gasteiger partial charge in [0.2, 0.25) is 0 Å². The van der Waals surface area contributed by atoms with E-state index in [1.165, 1.54) is 128 Å². The molecular weight excluding hydrogens is 352 g/mol. The predicted octanol–water partition coefficient (Wildman–Crippen LogP) is 9.93. The fourth-order valence-corrected chi connectivity index (χ4v) is 4.32. The van der Waals surface area contributed by atoms with Crippen LogP contribution in [0.25, 0.3) is 0 Å². The van der Waals surface area contributed by atoms with Crippen LogP contribution < -0.4 is 0 Å². The molecule has 0 aliphatic heterocycles. The lowest BCUT2D eigenvalue weighted by molar-refractivity contribution is 0.474. The van der Waals surface area contributed by atoms with Crippen LogP contribution in [0.15, 0.2) is 24.3 Å². The van der Waals surface area contributed by atoms with Crippen molar-refractivity contribution in [1.82, 2.24) is 0 Å². The summed E-state index contributed by atoms with van der Waals surface area (Å²) in [6.07, 6.45) is 27.1. The van der Waals surface area contributed by atoms with Gasteiger partial charge in [-0.25, -0.2) is 0 Å². The Morgan fingerprint density at radius 2 is 0.897 bits per heavy atom. The zero-order valence-corrected chi connectivity index (χ0v) is 19.8. The standard InChI is InChI=1S/C28H50O/c1-3-4-5-6-7-8-9-10-11-12-13-14-15-16-17-18-19-20-21-26(2)27-22-24-28(29)25-23-27/h22-26,29H,3-21H2,1-2H3. The van der Waals surface area contributed by atoms with Crippen LogP contribution in [-0.4, -0.2) is 5.11 Å². The van der Waals surface area contributed by atoms with E-state index in [4.69, 9.17) is 0 Å². The minimum absolute atomic E-state index is 0.370. The highest BCUT2D eigenvalue weighted by atomic mass is 16.3. The first-order valence-electron chi connectivity index (χ1n) is 13.0. The smallest absolute Gasteiger partial charge is 0.115 e. The van der Waals surface area contributed by atoms with Gasteiger partial charge in [0, 0.05) is 0 Å². The van der Waals surface area contributed by atoms with Crippen LogP contribution in [0, 0.1) is 0 Å². The Hall–Kier alpha value is -0.980. The molecule has 0 saturated heterocycles. The third kappa shape index (κ3) is 15.5. The van der Waals surface area contributed by atoms with E-state index in [9.17, 15) is 5.11 Å². The average Bonchev–Trinajstić information content (AvgIpc) is 2.73. The van der Waals surface area contributed by atoms with E-state index in [1.54, 1.807) is 12.1 Å². The zero-order valence-electron chi connectivity index (χ0n) is 19.8. The van der Waals surface area contributed by atoms with Crippen molar-refractivity contribution in [2.24, 2.45) is 0 Å². The lowest BCUT2D eigenvalue weighted by Gasteiger charge is -2.11. The Morgan fingerprint density at radius 3 is 1.28 bits per heavy atom. The van der Waals surface area contributed by atoms with E-state index < -0.39 is 0 Å². The predicted molar refractivity (Wildman–Crippen MR) is 130 cm³/mol. The van der Waals surface area contributed by atoms with Crippen LogP contribution in [0.2, 0.25) is 0 Å². The highest BCUT2D eigenvalue weighted by molar-refractivity contribution is 5.27. The number of benzene rings is 1. The number of unbranched alkanes of at least 4 members (excludes halogenated alkanes) is 17. The molecule has 1 unspecified atom stereocenters. The van der Waals surface area contributed by atoms with Gasteiger partial charge < -0.3 is 5.11 Å². The van der Waals surface area contributed by atoms with E-state index in [0.717, 1.165) is 0 Å². The molecule has 0 heterocycles. The Morgan fingerprint density at radius 1 is 0.552 bits per heavy atom. The summed E-state index contributed by atoms with van der Waals surface area (Å²) >= 11 is 0. The van der Waals surface area contributed by atoms with Crippen molar-refractivity contribution < 1.29 is 5.11 Å². The number of hydrogen-bond acceptors (Lipinski definition) is 1. The van der Waals surface area contributed by atoms with E-state index in [0.29, 0.717) is 11.7 Å². The highest BCUT2D eigenvalue weighted by Gasteiger charge is 2.05. The Kier molecular flexibility index (Phi) is 17.1. The Balaban J connectivity index is 1.76. The largest absolute Gasteiger partial charge is 0.508 e. The maximum Gasteiger partial charge on any atom is 0.115 e. The lowest BCUT2D eigenvalue weighted by atomic mass is 9.94. The fraction of sp³-hybridized carbons (Fsp3) is 0.786. The van der Waals surface area contributed by atoms with Crippen molar-refractivity contribution in [3.63, 3.8) is 0 Å². The monoisotopic (exact) mass is 402 g/mol. The second kappa shape index (κ2) is 19.0. The van der Waals surface area contributed by atoms with Crippen LogP contribution >= 0.6 is 0 Å². The van der Waals surface area contributed by atoms with Crippen molar-refractivity contribution in [3.05, 3.63) is 29.8 Å². The number of phenolic OH excluding ortho intramolecular Hbond substituents is 1. The third-order valence-corrected chi connectivity index (χ3v) is 6.45. The summed E-state index contributed by atoms with van der Waals surface area (Å²) in [5.41, 5.74) is 1.36. The van der Waals surface area contributed by atoms with Gasteiger partial charge >= 0.3 is 0 Å². The molecule has 1 atom stereocenters. The number of phenols is 1. The van der Waals surface area contributed by atoms with Crippen molar-refractivity contribution in [3.8, 4) is 5.75 Å². The van der Waals surface area contributed by atoms with Crippen molar-refractivity contribution >= 4 is 0 Å². The quantitative estimate of drug-likeness (QED) is 0.215. The minimum Gasteiger partial charge on any atom is -0.508 e. The van der Waals surface area contributed by atoms with E-state index in [2.05, 4.69) is 26.0 Å².